The molecule has 0 aliphatic carbocycles. The molecule has 1 atom stereocenters. The molecule has 0 aliphatic heterocycles. The molecule has 0 heterocycles. The molecule has 8 nitrogen and oxygen atoms in total. The van der Waals surface area contributed by atoms with E-state index in [1.807, 2.05) is 0 Å². The minimum Gasteiger partial charge on any atom is -0.480 e. The van der Waals surface area contributed by atoms with Crippen molar-refractivity contribution in [2.45, 2.75) is 45.4 Å². The molecule has 0 saturated carbocycles. The second-order valence-electron chi connectivity index (χ2n) is 6.12. The predicted molar refractivity (Wildman–Crippen MR) is 83.6 cm³/mol. The van der Waals surface area contributed by atoms with Crippen LogP contribution in [0.25, 0.3) is 10.4 Å². The number of aliphatic carboxylic acids is 1. The molecule has 0 aliphatic rings. The molecular formula is C15H20N4O4. The van der Waals surface area contributed by atoms with E-state index in [9.17, 15) is 14.7 Å². The van der Waals surface area contributed by atoms with Crippen molar-refractivity contribution in [2.24, 2.45) is 5.11 Å². The molecule has 124 valence electrons. The highest BCUT2D eigenvalue weighted by Gasteiger charge is 2.34. The van der Waals surface area contributed by atoms with Gasteiger partial charge in [0.05, 0.1) is 0 Å². The van der Waals surface area contributed by atoms with Gasteiger partial charge in [-0.05, 0) is 44.4 Å². The fourth-order valence-corrected chi connectivity index (χ4v) is 1.75. The predicted octanol–water partition coefficient (Wildman–Crippen LogP) is 3.32. The molecule has 8 heteroatoms. The van der Waals surface area contributed by atoms with Gasteiger partial charge in [-0.3, -0.25) is 4.79 Å². The van der Waals surface area contributed by atoms with Crippen LogP contribution in [0.15, 0.2) is 29.4 Å². The number of nitrogens with zero attached hydrogens (tertiary/aromatic N) is 3. The van der Waals surface area contributed by atoms with Gasteiger partial charge in [-0.1, -0.05) is 29.4 Å². The van der Waals surface area contributed by atoms with Gasteiger partial charge in [0.25, 0.3) is 0 Å². The van der Waals surface area contributed by atoms with Gasteiger partial charge in [0, 0.05) is 11.5 Å². The normalized spacial score (nSPS) is 13.4. The Morgan fingerprint density at radius 2 is 1.83 bits per heavy atom. The highest BCUT2D eigenvalue weighted by atomic mass is 16.6. The quantitative estimate of drug-likeness (QED) is 0.490. The first-order chi connectivity index (χ1) is 10.6. The molecule has 2 N–H and O–H groups in total. The number of alkyl carbamates (subject to hydrolysis) is 1. The van der Waals surface area contributed by atoms with E-state index in [1.165, 1.54) is 6.92 Å². The topological polar surface area (TPSA) is 124 Å². The van der Waals surface area contributed by atoms with E-state index in [1.54, 1.807) is 45.0 Å². The smallest absolute Gasteiger partial charge is 0.407 e. The van der Waals surface area contributed by atoms with Crippen LogP contribution in [-0.4, -0.2) is 22.8 Å². The summed E-state index contributed by atoms with van der Waals surface area (Å²) in [7, 11) is 0. The Kier molecular flexibility index (Phi) is 5.59. The number of carbonyl (C=O) groups excluding carboxylic acids is 1. The number of nitrogens with one attached hydrogen (secondary N) is 1. The SMILES string of the molecule is CC(C)(C)OC(=O)NCc1ccc(C(C)(N=[N+]=[N-])C(=O)O)cc1. The summed E-state index contributed by atoms with van der Waals surface area (Å²) < 4.78 is 5.12. The van der Waals surface area contributed by atoms with Crippen LogP contribution in [0.3, 0.4) is 0 Å². The number of rotatable bonds is 5. The molecule has 1 aromatic carbocycles. The lowest BCUT2D eigenvalue weighted by molar-refractivity contribution is -0.142. The minimum absolute atomic E-state index is 0.237. The van der Waals surface area contributed by atoms with Crippen LogP contribution < -0.4 is 5.32 Å². The van der Waals surface area contributed by atoms with Gasteiger partial charge in [0.15, 0.2) is 5.54 Å². The zero-order chi connectivity index (χ0) is 17.7. The maximum absolute atomic E-state index is 11.6. The van der Waals surface area contributed by atoms with E-state index < -0.39 is 23.2 Å². The molecule has 1 unspecified atom stereocenters. The molecule has 0 bridgehead atoms. The number of carbonyl (C=O) groups is 2. The van der Waals surface area contributed by atoms with Crippen LogP contribution in [0.5, 0.6) is 0 Å². The van der Waals surface area contributed by atoms with E-state index in [4.69, 9.17) is 10.3 Å². The van der Waals surface area contributed by atoms with Crippen LogP contribution >= 0.6 is 0 Å². The lowest BCUT2D eigenvalue weighted by atomic mass is 9.92. The lowest BCUT2D eigenvalue weighted by Gasteiger charge is -2.20. The van der Waals surface area contributed by atoms with Crippen LogP contribution in [-0.2, 0) is 21.6 Å². The van der Waals surface area contributed by atoms with Gasteiger partial charge in [0.2, 0.25) is 0 Å². The van der Waals surface area contributed by atoms with Crippen molar-refractivity contribution < 1.29 is 19.4 Å². The zero-order valence-corrected chi connectivity index (χ0v) is 13.5. The van der Waals surface area contributed by atoms with Crippen molar-refractivity contribution in [3.8, 4) is 0 Å². The summed E-state index contributed by atoms with van der Waals surface area (Å²) in [6.45, 7) is 6.86. The number of azide groups is 1. The number of hydrogen-bond donors (Lipinski definition) is 2. The minimum atomic E-state index is -1.67. The van der Waals surface area contributed by atoms with Gasteiger partial charge < -0.3 is 15.2 Å². The Balaban J connectivity index is 2.79. The fraction of sp³-hybridized carbons (Fsp3) is 0.467. The van der Waals surface area contributed by atoms with E-state index in [0.717, 1.165) is 5.56 Å². The highest BCUT2D eigenvalue weighted by Crippen LogP contribution is 2.26. The molecule has 0 fully saturated rings. The van der Waals surface area contributed by atoms with E-state index in [2.05, 4.69) is 15.3 Å². The molecule has 1 amide bonds. The summed E-state index contributed by atoms with van der Waals surface area (Å²) in [5, 5.41) is 15.2. The van der Waals surface area contributed by atoms with Crippen molar-refractivity contribution in [1.29, 1.82) is 0 Å². The van der Waals surface area contributed by atoms with Crippen LogP contribution in [0.1, 0.15) is 38.8 Å². The summed E-state index contributed by atoms with van der Waals surface area (Å²) in [6.07, 6.45) is -0.536. The van der Waals surface area contributed by atoms with Crippen molar-refractivity contribution in [2.75, 3.05) is 0 Å². The molecule has 1 rings (SSSR count). The summed E-state index contributed by atoms with van der Waals surface area (Å²) in [4.78, 5) is 25.5. The number of hydrogen-bond acceptors (Lipinski definition) is 4. The van der Waals surface area contributed by atoms with Crippen molar-refractivity contribution in [3.05, 3.63) is 45.8 Å². The summed E-state index contributed by atoms with van der Waals surface area (Å²) >= 11 is 0. The number of benzene rings is 1. The lowest BCUT2D eigenvalue weighted by Crippen LogP contribution is -2.32. The van der Waals surface area contributed by atoms with Gasteiger partial charge in [-0.15, -0.1) is 0 Å². The van der Waals surface area contributed by atoms with Crippen LogP contribution in [0.4, 0.5) is 4.79 Å². The van der Waals surface area contributed by atoms with Crippen molar-refractivity contribution >= 4 is 12.1 Å². The number of carboxylic acid groups (broad SMARTS) is 1. The van der Waals surface area contributed by atoms with E-state index >= 15 is 0 Å². The Hall–Kier alpha value is -2.73. The number of carboxylic acids is 1. The second-order valence-corrected chi connectivity index (χ2v) is 6.12. The fourth-order valence-electron chi connectivity index (χ4n) is 1.75. The maximum Gasteiger partial charge on any atom is 0.407 e. The van der Waals surface area contributed by atoms with Gasteiger partial charge >= 0.3 is 12.1 Å². The van der Waals surface area contributed by atoms with Gasteiger partial charge in [0.1, 0.15) is 5.60 Å². The number of amides is 1. The number of ether oxygens (including phenoxy) is 1. The zero-order valence-electron chi connectivity index (χ0n) is 13.5. The third-order valence-electron chi connectivity index (χ3n) is 3.01. The van der Waals surface area contributed by atoms with Gasteiger partial charge in [-0.2, -0.15) is 0 Å². The van der Waals surface area contributed by atoms with Crippen molar-refractivity contribution in [1.82, 2.24) is 5.32 Å². The highest BCUT2D eigenvalue weighted by molar-refractivity contribution is 5.80. The van der Waals surface area contributed by atoms with Crippen molar-refractivity contribution in [3.63, 3.8) is 0 Å². The Morgan fingerprint density at radius 1 is 1.26 bits per heavy atom. The summed E-state index contributed by atoms with van der Waals surface area (Å²) in [5.41, 5.74) is 7.40. The first-order valence-corrected chi connectivity index (χ1v) is 6.94. The maximum atomic E-state index is 11.6. The molecule has 0 radical (unpaired) electrons. The first kappa shape index (κ1) is 18.3. The standard InChI is InChI=1S/C15H20N4O4/c1-14(2,3)23-13(22)17-9-10-5-7-11(8-6-10)15(4,12(20)21)18-19-16/h5-8H,9H2,1-4H3,(H,17,22)(H,20,21). The Bertz CT molecular complexity index is 626. The second kappa shape index (κ2) is 7.02. The van der Waals surface area contributed by atoms with Gasteiger partial charge in [-0.25, -0.2) is 4.79 Å². The molecule has 0 saturated heterocycles. The Morgan fingerprint density at radius 3 is 2.26 bits per heavy atom. The average Bonchev–Trinajstić information content (AvgIpc) is 2.44. The summed E-state index contributed by atoms with van der Waals surface area (Å²) in [5.74, 6) is -1.24. The third kappa shape index (κ3) is 5.19. The molecule has 23 heavy (non-hydrogen) atoms. The molecular weight excluding hydrogens is 300 g/mol. The van der Waals surface area contributed by atoms with E-state index in [-0.39, 0.29) is 6.54 Å². The third-order valence-corrected chi connectivity index (χ3v) is 3.01. The molecule has 0 spiro atoms. The van der Waals surface area contributed by atoms with E-state index in [0.29, 0.717) is 5.56 Å². The van der Waals surface area contributed by atoms with Crippen LogP contribution in [0, 0.1) is 0 Å². The summed E-state index contributed by atoms with van der Waals surface area (Å²) in [6, 6.07) is 6.41. The monoisotopic (exact) mass is 320 g/mol. The molecule has 0 aromatic heterocycles. The van der Waals surface area contributed by atoms with Crippen LogP contribution in [0.2, 0.25) is 0 Å². The Labute approximate surface area is 134 Å². The largest absolute Gasteiger partial charge is 0.480 e. The first-order valence-electron chi connectivity index (χ1n) is 6.94. The average molecular weight is 320 g/mol. The molecule has 1 aromatic rings.